The van der Waals surface area contributed by atoms with E-state index in [0.717, 1.165) is 10.5 Å². The van der Waals surface area contributed by atoms with Gasteiger partial charge in [0.05, 0.1) is 10.9 Å². The summed E-state index contributed by atoms with van der Waals surface area (Å²) >= 11 is 0. The summed E-state index contributed by atoms with van der Waals surface area (Å²) in [6.45, 7) is 21.1. The van der Waals surface area contributed by atoms with Gasteiger partial charge in [-0.05, 0) is 18.6 Å². The zero-order valence-electron chi connectivity index (χ0n) is 18.1. The average molecular weight is 413 g/mol. The van der Waals surface area contributed by atoms with Crippen LogP contribution in [0.1, 0.15) is 39.3 Å². The predicted octanol–water partition coefficient (Wildman–Crippen LogP) is 4.90. The summed E-state index contributed by atoms with van der Waals surface area (Å²) in [5, 5.41) is 3.08. The number of nitrogens with zero attached hydrogens (tertiary/aromatic N) is 1. The minimum atomic E-state index is -1.78. The molecule has 7 heteroatoms. The highest BCUT2D eigenvalue weighted by molar-refractivity contribution is 7.86. The molecule has 0 radical (unpaired) electrons. The van der Waals surface area contributed by atoms with Crippen molar-refractivity contribution >= 4 is 33.4 Å². The van der Waals surface area contributed by atoms with Crippen molar-refractivity contribution in [3.05, 3.63) is 29.8 Å². The second-order valence-corrected chi connectivity index (χ2v) is 21.8. The van der Waals surface area contributed by atoms with Gasteiger partial charge in [-0.15, -0.1) is 0 Å². The second kappa shape index (κ2) is 8.08. The van der Waals surface area contributed by atoms with Crippen LogP contribution in [-0.4, -0.2) is 30.2 Å². The van der Waals surface area contributed by atoms with E-state index in [2.05, 4.69) is 48.2 Å². The third-order valence-electron chi connectivity index (χ3n) is 3.99. The molecule has 0 spiro atoms. The van der Waals surface area contributed by atoms with Crippen molar-refractivity contribution in [2.45, 2.75) is 77.9 Å². The van der Waals surface area contributed by atoms with Crippen molar-refractivity contribution in [3.8, 4) is 0 Å². The SMILES string of the molecule is C[C@@H](NC(=O)C(C)(C)C)c1ccccc1[S@@](=O)N([Si](C)(C)C)[Si](C)(C)C. The Morgan fingerprint density at radius 2 is 1.50 bits per heavy atom. The van der Waals surface area contributed by atoms with Crippen LogP contribution in [0.3, 0.4) is 0 Å². The van der Waals surface area contributed by atoms with Crippen LogP contribution in [-0.2, 0) is 15.8 Å². The van der Waals surface area contributed by atoms with Gasteiger partial charge in [0.15, 0.2) is 0 Å². The molecule has 0 heterocycles. The highest BCUT2D eigenvalue weighted by Crippen LogP contribution is 2.30. The van der Waals surface area contributed by atoms with Crippen LogP contribution in [0, 0.1) is 5.41 Å². The lowest BCUT2D eigenvalue weighted by molar-refractivity contribution is -0.129. The lowest BCUT2D eigenvalue weighted by Gasteiger charge is -2.42. The van der Waals surface area contributed by atoms with Crippen molar-refractivity contribution in [1.82, 2.24) is 8.95 Å². The summed E-state index contributed by atoms with van der Waals surface area (Å²) in [6.07, 6.45) is 0. The first-order valence-corrected chi connectivity index (χ1v) is 17.2. The number of carbonyl (C=O) groups excluding carboxylic acids is 1. The van der Waals surface area contributed by atoms with Crippen molar-refractivity contribution in [2.24, 2.45) is 5.41 Å². The van der Waals surface area contributed by atoms with Crippen LogP contribution in [0.15, 0.2) is 29.2 Å². The molecule has 2 atom stereocenters. The third kappa shape index (κ3) is 5.87. The Morgan fingerprint density at radius 3 is 1.92 bits per heavy atom. The normalized spacial score (nSPS) is 15.7. The molecular formula is C19H36N2O2SSi2. The molecule has 0 aliphatic carbocycles. The standard InChI is InChI=1S/C19H36N2O2SSi2/c1-15(20-18(22)19(2,3)4)16-13-11-12-14-17(16)24(23)21(25(5,6)7)26(8,9)10/h11-15H,1-10H3,(H,20,22)/t15-,24-/m1/s1. The van der Waals surface area contributed by atoms with E-state index in [1.165, 1.54) is 0 Å². The Labute approximate surface area is 164 Å². The molecule has 1 aromatic rings. The lowest BCUT2D eigenvalue weighted by Crippen LogP contribution is -2.59. The van der Waals surface area contributed by atoms with Gasteiger partial charge in [0, 0.05) is 5.41 Å². The smallest absolute Gasteiger partial charge is 0.225 e. The summed E-state index contributed by atoms with van der Waals surface area (Å²) < 4.78 is 15.9. The Kier molecular flexibility index (Phi) is 7.23. The molecule has 1 N–H and O–H groups in total. The highest BCUT2D eigenvalue weighted by atomic mass is 32.2. The maximum absolute atomic E-state index is 13.6. The number of hydrogen-bond acceptors (Lipinski definition) is 2. The Bertz CT molecular complexity index is 659. The monoisotopic (exact) mass is 412 g/mol. The first kappa shape index (κ1) is 23.3. The van der Waals surface area contributed by atoms with Gasteiger partial charge in [-0.3, -0.25) is 8.43 Å². The molecule has 1 rings (SSSR count). The number of benzene rings is 1. The fourth-order valence-electron chi connectivity index (χ4n) is 3.09. The molecule has 0 aromatic heterocycles. The number of hydrogen-bond donors (Lipinski definition) is 1. The van der Waals surface area contributed by atoms with Crippen LogP contribution in [0.2, 0.25) is 39.3 Å². The summed E-state index contributed by atoms with van der Waals surface area (Å²) in [4.78, 5) is 13.2. The van der Waals surface area contributed by atoms with E-state index in [-0.39, 0.29) is 11.9 Å². The molecule has 0 bridgehead atoms. The zero-order valence-corrected chi connectivity index (χ0v) is 20.9. The van der Waals surface area contributed by atoms with Crippen molar-refractivity contribution < 1.29 is 9.00 Å². The third-order valence-corrected chi connectivity index (χ3v) is 15.8. The molecule has 0 fully saturated rings. The minimum Gasteiger partial charge on any atom is -0.349 e. The predicted molar refractivity (Wildman–Crippen MR) is 117 cm³/mol. The molecule has 0 aliphatic heterocycles. The fraction of sp³-hybridized carbons (Fsp3) is 0.632. The Morgan fingerprint density at radius 1 is 1.04 bits per heavy atom. The average Bonchev–Trinajstić information content (AvgIpc) is 2.42. The van der Waals surface area contributed by atoms with E-state index < -0.39 is 32.9 Å². The van der Waals surface area contributed by atoms with Gasteiger partial charge >= 0.3 is 0 Å². The molecule has 0 saturated carbocycles. The number of nitrogens with one attached hydrogen (secondary N) is 1. The van der Waals surface area contributed by atoms with Gasteiger partial charge < -0.3 is 5.32 Å². The minimum absolute atomic E-state index is 0.00201. The Hall–Kier alpha value is -0.766. The van der Waals surface area contributed by atoms with Crippen LogP contribution < -0.4 is 5.32 Å². The Balaban J connectivity index is 3.31. The van der Waals surface area contributed by atoms with Gasteiger partial charge in [-0.1, -0.05) is 78.3 Å². The van der Waals surface area contributed by atoms with Gasteiger partial charge in [0.1, 0.15) is 27.5 Å². The van der Waals surface area contributed by atoms with Crippen LogP contribution in [0.25, 0.3) is 0 Å². The van der Waals surface area contributed by atoms with Gasteiger partial charge in [-0.2, -0.15) is 0 Å². The first-order chi connectivity index (χ1) is 11.6. The summed E-state index contributed by atoms with van der Waals surface area (Å²) in [5.41, 5.74) is 0.482. The van der Waals surface area contributed by atoms with Crippen LogP contribution in [0.5, 0.6) is 0 Å². The maximum atomic E-state index is 13.6. The molecule has 1 aromatic carbocycles. The molecular weight excluding hydrogens is 376 g/mol. The molecule has 0 saturated heterocycles. The van der Waals surface area contributed by atoms with Gasteiger partial charge in [0.25, 0.3) is 0 Å². The van der Waals surface area contributed by atoms with Crippen molar-refractivity contribution in [2.75, 3.05) is 0 Å². The summed E-state index contributed by atoms with van der Waals surface area (Å²) in [6, 6.07) is 7.61. The molecule has 26 heavy (non-hydrogen) atoms. The van der Waals surface area contributed by atoms with Gasteiger partial charge in [-0.25, -0.2) is 4.21 Å². The second-order valence-electron chi connectivity index (χ2n) is 9.87. The molecule has 0 aliphatic rings. The largest absolute Gasteiger partial charge is 0.349 e. The van der Waals surface area contributed by atoms with Crippen LogP contribution >= 0.6 is 0 Å². The van der Waals surface area contributed by atoms with Gasteiger partial charge in [0.2, 0.25) is 5.91 Å². The first-order valence-electron chi connectivity index (χ1n) is 9.19. The molecule has 148 valence electrons. The topological polar surface area (TPSA) is 49.4 Å². The van der Waals surface area contributed by atoms with Crippen LogP contribution in [0.4, 0.5) is 0 Å². The lowest BCUT2D eigenvalue weighted by atomic mass is 9.94. The number of amides is 1. The van der Waals surface area contributed by atoms with E-state index in [4.69, 9.17) is 0 Å². The molecule has 4 nitrogen and oxygen atoms in total. The maximum Gasteiger partial charge on any atom is 0.225 e. The van der Waals surface area contributed by atoms with E-state index in [0.29, 0.717) is 0 Å². The van der Waals surface area contributed by atoms with E-state index in [1.54, 1.807) is 0 Å². The van der Waals surface area contributed by atoms with E-state index >= 15 is 0 Å². The molecule has 1 amide bonds. The highest BCUT2D eigenvalue weighted by Gasteiger charge is 2.40. The number of carbonyl (C=O) groups is 1. The van der Waals surface area contributed by atoms with Crippen molar-refractivity contribution in [1.29, 1.82) is 0 Å². The number of rotatable bonds is 6. The van der Waals surface area contributed by atoms with E-state index in [1.807, 2.05) is 52.0 Å². The molecule has 0 unspecified atom stereocenters. The summed E-state index contributed by atoms with van der Waals surface area (Å²) in [5.74, 6) is -0.00201. The quantitative estimate of drug-likeness (QED) is 0.675. The van der Waals surface area contributed by atoms with E-state index in [9.17, 15) is 9.00 Å². The summed E-state index contributed by atoms with van der Waals surface area (Å²) in [7, 11) is -4.78. The zero-order chi connectivity index (χ0) is 20.5. The fourth-order valence-corrected chi connectivity index (χ4v) is 16.5. The van der Waals surface area contributed by atoms with Crippen molar-refractivity contribution in [3.63, 3.8) is 0 Å².